The summed E-state index contributed by atoms with van der Waals surface area (Å²) in [4.78, 5) is 22.6. The molecule has 1 heterocycles. The van der Waals surface area contributed by atoms with Gasteiger partial charge >= 0.3 is 0 Å². The van der Waals surface area contributed by atoms with E-state index >= 15 is 0 Å². The van der Waals surface area contributed by atoms with Crippen LogP contribution in [0.2, 0.25) is 0 Å². The number of carbonyl (C=O) groups is 2. The molecule has 0 radical (unpaired) electrons. The fourth-order valence-corrected chi connectivity index (χ4v) is 1.62. The third-order valence-electron chi connectivity index (χ3n) is 2.23. The molecule has 0 aromatic heterocycles. The molecule has 5 nitrogen and oxygen atoms in total. The van der Waals surface area contributed by atoms with E-state index in [4.69, 9.17) is 5.11 Å². The Hall–Kier alpha value is -1.72. The predicted octanol–water partition coefficient (Wildman–Crippen LogP) is 0.267. The largest absolute Gasteiger partial charge is 0.396 e. The lowest BCUT2D eigenvalue weighted by Crippen LogP contribution is -2.20. The molecular weight excluding hydrogens is 196 g/mol. The number of hydrogen-bond acceptors (Lipinski definition) is 4. The van der Waals surface area contributed by atoms with Crippen LogP contribution in [0.1, 0.15) is 26.3 Å². The molecule has 15 heavy (non-hydrogen) atoms. The molecule has 0 bridgehead atoms. The molecule has 1 aliphatic rings. The smallest absolute Gasteiger partial charge is 0.259 e. The molecule has 1 aliphatic heterocycles. The second-order valence-corrected chi connectivity index (χ2v) is 3.10. The number of imide groups is 1. The van der Waals surface area contributed by atoms with E-state index in [-0.39, 0.29) is 24.6 Å². The van der Waals surface area contributed by atoms with Crippen molar-refractivity contribution in [1.82, 2.24) is 11.5 Å². The number of aliphatic hydroxyl groups is 1. The Kier molecular flexibility index (Phi) is 3.18. The van der Waals surface area contributed by atoms with Crippen molar-refractivity contribution in [3.63, 3.8) is 0 Å². The first-order valence-electron chi connectivity index (χ1n) is 4.32. The normalized spacial score (nSPS) is 13.1. The summed E-state index contributed by atoms with van der Waals surface area (Å²) >= 11 is 0. The van der Waals surface area contributed by atoms with Crippen LogP contribution in [0.25, 0.3) is 0 Å². The molecule has 2 rings (SSSR count). The molecule has 80 valence electrons. The van der Waals surface area contributed by atoms with Gasteiger partial charge in [0.2, 0.25) is 0 Å². The third-order valence-corrected chi connectivity index (χ3v) is 2.23. The van der Waals surface area contributed by atoms with E-state index in [1.165, 1.54) is 0 Å². The van der Waals surface area contributed by atoms with Gasteiger partial charge in [-0.3, -0.25) is 14.9 Å². The molecule has 1 aromatic rings. The summed E-state index contributed by atoms with van der Waals surface area (Å²) < 4.78 is 0. The average molecular weight is 208 g/mol. The van der Waals surface area contributed by atoms with Crippen LogP contribution in [0.4, 0.5) is 0 Å². The number of amides is 2. The van der Waals surface area contributed by atoms with Crippen LogP contribution in [0, 0.1) is 0 Å². The Balaban J connectivity index is 0.00000112. The number of benzene rings is 1. The molecule has 0 saturated heterocycles. The molecule has 2 amide bonds. The molecular formula is C10H12N2O3. The van der Waals surface area contributed by atoms with Gasteiger partial charge in [-0.15, -0.1) is 0 Å². The molecule has 0 saturated carbocycles. The van der Waals surface area contributed by atoms with E-state index in [9.17, 15) is 9.59 Å². The highest BCUT2D eigenvalue weighted by Gasteiger charge is 2.28. The van der Waals surface area contributed by atoms with Gasteiger partial charge in [-0.2, -0.15) is 0 Å². The summed E-state index contributed by atoms with van der Waals surface area (Å²) in [6.07, 6.45) is 0.393. The van der Waals surface area contributed by atoms with Crippen molar-refractivity contribution in [3.8, 4) is 0 Å². The number of nitrogens with one attached hydrogen (secondary N) is 1. The summed E-state index contributed by atoms with van der Waals surface area (Å²) in [5.41, 5.74) is 1.53. The second kappa shape index (κ2) is 4.20. The molecule has 0 unspecified atom stereocenters. The zero-order chi connectivity index (χ0) is 10.1. The van der Waals surface area contributed by atoms with Crippen LogP contribution in [-0.4, -0.2) is 23.5 Å². The van der Waals surface area contributed by atoms with Crippen LogP contribution >= 0.6 is 0 Å². The quantitative estimate of drug-likeness (QED) is 0.607. The van der Waals surface area contributed by atoms with Crippen molar-refractivity contribution in [2.24, 2.45) is 0 Å². The molecule has 1 aromatic carbocycles. The van der Waals surface area contributed by atoms with Gasteiger partial charge in [0.1, 0.15) is 0 Å². The van der Waals surface area contributed by atoms with Crippen molar-refractivity contribution in [1.29, 1.82) is 0 Å². The van der Waals surface area contributed by atoms with Crippen LogP contribution in [0.3, 0.4) is 0 Å². The van der Waals surface area contributed by atoms with Crippen molar-refractivity contribution < 1.29 is 14.7 Å². The SMILES string of the molecule is N.O=C1NC(=O)c2c(CCO)cccc21. The average Bonchev–Trinajstić information content (AvgIpc) is 2.44. The zero-order valence-electron chi connectivity index (χ0n) is 8.12. The van der Waals surface area contributed by atoms with E-state index in [1.54, 1.807) is 18.2 Å². The van der Waals surface area contributed by atoms with E-state index in [1.807, 2.05) is 0 Å². The highest BCUT2D eigenvalue weighted by atomic mass is 16.3. The lowest BCUT2D eigenvalue weighted by molar-refractivity contribution is 0.0879. The Bertz CT molecular complexity index is 415. The first-order chi connectivity index (χ1) is 6.74. The van der Waals surface area contributed by atoms with Gasteiger partial charge in [0.15, 0.2) is 0 Å². The number of rotatable bonds is 2. The lowest BCUT2D eigenvalue weighted by atomic mass is 10.0. The first-order valence-corrected chi connectivity index (χ1v) is 4.32. The standard InChI is InChI=1S/C10H9NO3.H3N/c12-5-4-6-2-1-3-7-8(6)10(14)11-9(7)13;/h1-3,12H,4-5H2,(H,11,13,14);1H3. The summed E-state index contributed by atoms with van der Waals surface area (Å²) in [6, 6.07) is 5.06. The molecule has 0 spiro atoms. The molecule has 0 fully saturated rings. The van der Waals surface area contributed by atoms with Crippen molar-refractivity contribution in [2.45, 2.75) is 6.42 Å². The van der Waals surface area contributed by atoms with Crippen LogP contribution < -0.4 is 11.5 Å². The van der Waals surface area contributed by atoms with Gasteiger partial charge in [-0.05, 0) is 18.1 Å². The van der Waals surface area contributed by atoms with Crippen molar-refractivity contribution in [2.75, 3.05) is 6.61 Å². The van der Waals surface area contributed by atoms with Gasteiger partial charge in [0, 0.05) is 6.61 Å². The van der Waals surface area contributed by atoms with E-state index in [0.717, 1.165) is 0 Å². The number of aliphatic hydroxyl groups excluding tert-OH is 1. The maximum atomic E-state index is 11.4. The van der Waals surface area contributed by atoms with E-state index in [2.05, 4.69) is 5.32 Å². The van der Waals surface area contributed by atoms with Crippen molar-refractivity contribution in [3.05, 3.63) is 34.9 Å². The highest BCUT2D eigenvalue weighted by molar-refractivity contribution is 6.22. The summed E-state index contributed by atoms with van der Waals surface area (Å²) in [5.74, 6) is -0.723. The number of hydrogen-bond donors (Lipinski definition) is 3. The second-order valence-electron chi connectivity index (χ2n) is 3.10. The Morgan fingerprint density at radius 1 is 1.20 bits per heavy atom. The van der Waals surface area contributed by atoms with Crippen LogP contribution in [0.5, 0.6) is 0 Å². The summed E-state index contributed by atoms with van der Waals surface area (Å²) in [6.45, 7) is -0.0298. The van der Waals surface area contributed by atoms with E-state index < -0.39 is 0 Å². The molecule has 5 heteroatoms. The van der Waals surface area contributed by atoms with Gasteiger partial charge in [-0.25, -0.2) is 0 Å². The zero-order valence-corrected chi connectivity index (χ0v) is 8.12. The maximum absolute atomic E-state index is 11.4. The number of carbonyl (C=O) groups excluding carboxylic acids is 2. The predicted molar refractivity (Wildman–Crippen MR) is 54.1 cm³/mol. The van der Waals surface area contributed by atoms with Crippen LogP contribution in [0.15, 0.2) is 18.2 Å². The minimum absolute atomic E-state index is 0. The Labute approximate surface area is 86.7 Å². The summed E-state index contributed by atoms with van der Waals surface area (Å²) in [5, 5.41) is 11.0. The van der Waals surface area contributed by atoms with Crippen molar-refractivity contribution >= 4 is 11.8 Å². The maximum Gasteiger partial charge on any atom is 0.259 e. The molecule has 0 aliphatic carbocycles. The van der Waals surface area contributed by atoms with Crippen LogP contribution in [-0.2, 0) is 6.42 Å². The topological polar surface area (TPSA) is 101 Å². The summed E-state index contributed by atoms with van der Waals surface area (Å²) in [7, 11) is 0. The minimum Gasteiger partial charge on any atom is -0.396 e. The first kappa shape index (κ1) is 11.4. The Morgan fingerprint density at radius 2 is 1.93 bits per heavy atom. The van der Waals surface area contributed by atoms with Gasteiger partial charge in [0.25, 0.3) is 11.8 Å². The lowest BCUT2D eigenvalue weighted by Gasteiger charge is -2.02. The third kappa shape index (κ3) is 1.74. The molecule has 0 atom stereocenters. The highest BCUT2D eigenvalue weighted by Crippen LogP contribution is 2.20. The minimum atomic E-state index is -0.367. The van der Waals surface area contributed by atoms with E-state index in [0.29, 0.717) is 23.1 Å². The number of fused-ring (bicyclic) bond motifs is 1. The fourth-order valence-electron chi connectivity index (χ4n) is 1.62. The van der Waals surface area contributed by atoms with Gasteiger partial charge in [-0.1, -0.05) is 12.1 Å². The monoisotopic (exact) mass is 208 g/mol. The Morgan fingerprint density at radius 3 is 2.60 bits per heavy atom. The van der Waals surface area contributed by atoms with Gasteiger partial charge < -0.3 is 11.3 Å². The fraction of sp³-hybridized carbons (Fsp3) is 0.200. The molecule has 5 N–H and O–H groups in total. The van der Waals surface area contributed by atoms with Gasteiger partial charge in [0.05, 0.1) is 11.1 Å².